The second-order valence-corrected chi connectivity index (χ2v) is 8.78. The zero-order valence-corrected chi connectivity index (χ0v) is 19.4. The SMILES string of the molecule is CCCC(C(=O)NCCC(C)C)N(C(=O)c1snc(C(N)=O)c1N)c1ccc(Cl)cc1. The van der Waals surface area contributed by atoms with Crippen LogP contribution in [0.3, 0.4) is 0 Å². The highest BCUT2D eigenvalue weighted by atomic mass is 35.5. The summed E-state index contributed by atoms with van der Waals surface area (Å²) in [6.45, 7) is 6.59. The molecule has 10 heteroatoms. The topological polar surface area (TPSA) is 131 Å². The maximum absolute atomic E-state index is 13.5. The standard InChI is InChI=1S/C21H28ClN5O3S/c1-4-5-15(20(29)25-11-10-12(2)3)27(14-8-6-13(22)7-9-14)21(30)18-16(23)17(19(24)28)26-31-18/h6-9,12,15H,4-5,10-11,23H2,1-3H3,(H2,24,28)(H,25,29). The molecule has 3 amide bonds. The number of anilines is 2. The summed E-state index contributed by atoms with van der Waals surface area (Å²) in [4.78, 5) is 39.6. The van der Waals surface area contributed by atoms with E-state index in [9.17, 15) is 14.4 Å². The van der Waals surface area contributed by atoms with Crippen molar-refractivity contribution in [2.24, 2.45) is 11.7 Å². The Hall–Kier alpha value is -2.65. The first-order valence-corrected chi connectivity index (χ1v) is 11.2. The minimum atomic E-state index is -0.817. The van der Waals surface area contributed by atoms with Crippen molar-refractivity contribution in [1.82, 2.24) is 9.69 Å². The Morgan fingerprint density at radius 1 is 1.19 bits per heavy atom. The van der Waals surface area contributed by atoms with Crippen molar-refractivity contribution in [3.8, 4) is 0 Å². The molecule has 1 aromatic carbocycles. The lowest BCUT2D eigenvalue weighted by Crippen LogP contribution is -2.50. The van der Waals surface area contributed by atoms with Crippen LogP contribution in [-0.2, 0) is 4.79 Å². The van der Waals surface area contributed by atoms with E-state index in [-0.39, 0.29) is 22.2 Å². The van der Waals surface area contributed by atoms with Crippen molar-refractivity contribution in [3.05, 3.63) is 39.9 Å². The molecule has 1 aromatic heterocycles. The quantitative estimate of drug-likeness (QED) is 0.494. The minimum absolute atomic E-state index is 0.0554. The van der Waals surface area contributed by atoms with E-state index in [0.29, 0.717) is 36.0 Å². The van der Waals surface area contributed by atoms with Gasteiger partial charge >= 0.3 is 0 Å². The van der Waals surface area contributed by atoms with Gasteiger partial charge in [0.15, 0.2) is 5.69 Å². The number of halogens is 1. The third kappa shape index (κ3) is 6.18. The molecule has 0 aliphatic carbocycles. The average Bonchev–Trinajstić information content (AvgIpc) is 3.10. The molecular weight excluding hydrogens is 438 g/mol. The summed E-state index contributed by atoms with van der Waals surface area (Å²) in [6.07, 6.45) is 1.93. The summed E-state index contributed by atoms with van der Waals surface area (Å²) in [5.74, 6) is -1.17. The van der Waals surface area contributed by atoms with Crippen molar-refractivity contribution in [1.29, 1.82) is 0 Å². The average molecular weight is 466 g/mol. The number of carbonyl (C=O) groups excluding carboxylic acids is 3. The highest BCUT2D eigenvalue weighted by Crippen LogP contribution is 2.29. The molecule has 0 aliphatic rings. The van der Waals surface area contributed by atoms with Crippen LogP contribution in [0.15, 0.2) is 24.3 Å². The van der Waals surface area contributed by atoms with Gasteiger partial charge in [0.1, 0.15) is 10.9 Å². The zero-order chi connectivity index (χ0) is 23.1. The molecule has 5 N–H and O–H groups in total. The molecule has 2 aromatic rings. The van der Waals surface area contributed by atoms with E-state index in [4.69, 9.17) is 23.1 Å². The molecule has 0 fully saturated rings. The minimum Gasteiger partial charge on any atom is -0.395 e. The molecule has 1 heterocycles. The van der Waals surface area contributed by atoms with Crippen LogP contribution in [0.1, 0.15) is 60.2 Å². The number of nitrogens with zero attached hydrogens (tertiary/aromatic N) is 2. The van der Waals surface area contributed by atoms with Crippen LogP contribution in [-0.4, -0.2) is 34.7 Å². The third-order valence-electron chi connectivity index (χ3n) is 4.68. The number of nitrogens with two attached hydrogens (primary N) is 2. The molecule has 1 atom stereocenters. The monoisotopic (exact) mass is 465 g/mol. The van der Waals surface area contributed by atoms with Crippen LogP contribution in [0.4, 0.5) is 11.4 Å². The van der Waals surface area contributed by atoms with E-state index in [1.165, 1.54) is 4.90 Å². The van der Waals surface area contributed by atoms with Gasteiger partial charge in [0, 0.05) is 17.3 Å². The maximum Gasteiger partial charge on any atom is 0.272 e. The molecule has 2 rings (SSSR count). The Kier molecular flexibility index (Phi) is 8.82. The molecule has 0 bridgehead atoms. The molecule has 0 spiro atoms. The summed E-state index contributed by atoms with van der Waals surface area (Å²) in [5.41, 5.74) is 11.5. The number of amides is 3. The number of aromatic nitrogens is 1. The van der Waals surface area contributed by atoms with Crippen LogP contribution in [0.5, 0.6) is 0 Å². The van der Waals surface area contributed by atoms with E-state index >= 15 is 0 Å². The summed E-state index contributed by atoms with van der Waals surface area (Å²) >= 11 is 6.80. The van der Waals surface area contributed by atoms with Gasteiger partial charge in [-0.05, 0) is 54.6 Å². The largest absolute Gasteiger partial charge is 0.395 e. The summed E-state index contributed by atoms with van der Waals surface area (Å²) in [7, 11) is 0. The summed E-state index contributed by atoms with van der Waals surface area (Å²) in [6, 6.07) is 5.83. The fourth-order valence-corrected chi connectivity index (χ4v) is 3.90. The van der Waals surface area contributed by atoms with E-state index in [2.05, 4.69) is 23.5 Å². The Bertz CT molecular complexity index is 930. The van der Waals surface area contributed by atoms with Crippen LogP contribution in [0, 0.1) is 5.92 Å². The second-order valence-electron chi connectivity index (χ2n) is 7.57. The van der Waals surface area contributed by atoms with Crippen molar-refractivity contribution in [2.45, 2.75) is 46.1 Å². The lowest BCUT2D eigenvalue weighted by Gasteiger charge is -2.31. The number of carbonyl (C=O) groups is 3. The maximum atomic E-state index is 13.5. The summed E-state index contributed by atoms with van der Waals surface area (Å²) in [5, 5.41) is 3.43. The summed E-state index contributed by atoms with van der Waals surface area (Å²) < 4.78 is 3.92. The molecule has 31 heavy (non-hydrogen) atoms. The van der Waals surface area contributed by atoms with Crippen molar-refractivity contribution >= 4 is 52.2 Å². The first-order chi connectivity index (χ1) is 14.7. The van der Waals surface area contributed by atoms with Gasteiger partial charge in [-0.3, -0.25) is 19.3 Å². The van der Waals surface area contributed by atoms with Crippen molar-refractivity contribution in [2.75, 3.05) is 17.2 Å². The van der Waals surface area contributed by atoms with Gasteiger partial charge in [-0.1, -0.05) is 38.8 Å². The first-order valence-electron chi connectivity index (χ1n) is 10.1. The Labute approximate surface area is 191 Å². The number of rotatable bonds is 10. The van der Waals surface area contributed by atoms with Gasteiger partial charge in [-0.15, -0.1) is 0 Å². The predicted octanol–water partition coefficient (Wildman–Crippen LogP) is 3.46. The molecule has 168 valence electrons. The third-order valence-corrected chi connectivity index (χ3v) is 5.78. The molecular formula is C21H28ClN5O3S. The Morgan fingerprint density at radius 2 is 1.84 bits per heavy atom. The normalized spacial score (nSPS) is 11.9. The van der Waals surface area contributed by atoms with Gasteiger partial charge in [0.25, 0.3) is 11.8 Å². The number of benzene rings is 1. The van der Waals surface area contributed by atoms with E-state index in [0.717, 1.165) is 18.0 Å². The lowest BCUT2D eigenvalue weighted by molar-refractivity contribution is -0.122. The molecule has 0 aliphatic heterocycles. The van der Waals surface area contributed by atoms with Gasteiger partial charge < -0.3 is 16.8 Å². The van der Waals surface area contributed by atoms with Crippen LogP contribution < -0.4 is 21.7 Å². The van der Waals surface area contributed by atoms with Crippen LogP contribution in [0.25, 0.3) is 0 Å². The Balaban J connectivity index is 2.47. The van der Waals surface area contributed by atoms with E-state index < -0.39 is 17.9 Å². The highest BCUT2D eigenvalue weighted by Gasteiger charge is 2.34. The van der Waals surface area contributed by atoms with Gasteiger partial charge in [-0.25, -0.2) is 0 Å². The first kappa shape index (κ1) is 24.6. The predicted molar refractivity (Wildman–Crippen MR) is 124 cm³/mol. The second kappa shape index (κ2) is 11.1. The van der Waals surface area contributed by atoms with Crippen LogP contribution >= 0.6 is 23.1 Å². The van der Waals surface area contributed by atoms with Crippen LogP contribution in [0.2, 0.25) is 5.02 Å². The number of hydrogen-bond donors (Lipinski definition) is 3. The number of nitrogen functional groups attached to an aromatic ring is 1. The van der Waals surface area contributed by atoms with Gasteiger partial charge in [0.05, 0.1) is 5.69 Å². The fraction of sp³-hybridized carbons (Fsp3) is 0.429. The molecule has 0 radical (unpaired) electrons. The van der Waals surface area contributed by atoms with Gasteiger partial charge in [0.2, 0.25) is 5.91 Å². The number of hydrogen-bond acceptors (Lipinski definition) is 6. The lowest BCUT2D eigenvalue weighted by atomic mass is 10.1. The zero-order valence-electron chi connectivity index (χ0n) is 17.9. The molecule has 0 saturated carbocycles. The van der Waals surface area contributed by atoms with Crippen molar-refractivity contribution < 1.29 is 14.4 Å². The van der Waals surface area contributed by atoms with Crippen molar-refractivity contribution in [3.63, 3.8) is 0 Å². The van der Waals surface area contributed by atoms with E-state index in [1.54, 1.807) is 24.3 Å². The van der Waals surface area contributed by atoms with E-state index in [1.807, 2.05) is 6.92 Å². The molecule has 0 saturated heterocycles. The highest BCUT2D eigenvalue weighted by molar-refractivity contribution is 7.09. The fourth-order valence-electron chi connectivity index (χ4n) is 3.03. The Morgan fingerprint density at radius 3 is 2.35 bits per heavy atom. The number of primary amides is 1. The number of nitrogens with one attached hydrogen (secondary N) is 1. The van der Waals surface area contributed by atoms with Gasteiger partial charge in [-0.2, -0.15) is 4.37 Å². The smallest absolute Gasteiger partial charge is 0.272 e. The molecule has 8 nitrogen and oxygen atoms in total. The molecule has 1 unspecified atom stereocenters.